The summed E-state index contributed by atoms with van der Waals surface area (Å²) in [6, 6.07) is 0.964. The molecule has 0 bridgehead atoms. The highest BCUT2D eigenvalue weighted by atomic mass is 16.5. The molecule has 1 unspecified atom stereocenters. The highest BCUT2D eigenvalue weighted by molar-refractivity contribution is 5.78. The van der Waals surface area contributed by atoms with Crippen LogP contribution in [-0.4, -0.2) is 73.7 Å². The first-order chi connectivity index (χ1) is 11.0. The molecule has 5 heteroatoms. The Bertz CT molecular complexity index is 359. The van der Waals surface area contributed by atoms with Crippen LogP contribution in [0.1, 0.15) is 46.5 Å². The molecule has 2 heterocycles. The van der Waals surface area contributed by atoms with E-state index in [9.17, 15) is 4.79 Å². The van der Waals surface area contributed by atoms with Crippen molar-refractivity contribution in [2.45, 2.75) is 64.6 Å². The van der Waals surface area contributed by atoms with E-state index in [1.165, 1.54) is 0 Å². The van der Waals surface area contributed by atoms with Crippen LogP contribution in [0.4, 0.5) is 0 Å². The summed E-state index contributed by atoms with van der Waals surface area (Å²) in [5.41, 5.74) is 0. The average molecular weight is 325 g/mol. The van der Waals surface area contributed by atoms with Crippen LogP contribution < -0.4 is 5.32 Å². The van der Waals surface area contributed by atoms with E-state index < -0.39 is 0 Å². The fraction of sp³-hybridized carbons (Fsp3) is 0.944. The highest BCUT2D eigenvalue weighted by Gasteiger charge is 2.24. The van der Waals surface area contributed by atoms with Gasteiger partial charge < -0.3 is 19.9 Å². The van der Waals surface area contributed by atoms with E-state index in [-0.39, 0.29) is 11.8 Å². The third kappa shape index (κ3) is 6.05. The van der Waals surface area contributed by atoms with Crippen LogP contribution in [0.2, 0.25) is 0 Å². The molecular weight excluding hydrogens is 290 g/mol. The molecule has 23 heavy (non-hydrogen) atoms. The lowest BCUT2D eigenvalue weighted by Gasteiger charge is -2.35. The largest absolute Gasteiger partial charge is 0.377 e. The Labute approximate surface area is 141 Å². The van der Waals surface area contributed by atoms with Crippen molar-refractivity contribution in [1.82, 2.24) is 15.1 Å². The van der Waals surface area contributed by atoms with Crippen molar-refractivity contribution >= 4 is 5.91 Å². The van der Waals surface area contributed by atoms with Crippen molar-refractivity contribution < 1.29 is 9.53 Å². The zero-order valence-electron chi connectivity index (χ0n) is 15.4. The molecular formula is C18H35N3O2. The summed E-state index contributed by atoms with van der Waals surface area (Å²) in [6.07, 6.45) is 4.61. The summed E-state index contributed by atoms with van der Waals surface area (Å²) in [5, 5.41) is 3.20. The van der Waals surface area contributed by atoms with Crippen molar-refractivity contribution in [2.75, 3.05) is 39.8 Å². The van der Waals surface area contributed by atoms with Crippen LogP contribution in [0, 0.1) is 5.92 Å². The molecule has 5 nitrogen and oxygen atoms in total. The van der Waals surface area contributed by atoms with E-state index in [0.29, 0.717) is 24.8 Å². The second-order valence-corrected chi connectivity index (χ2v) is 7.65. The number of carbonyl (C=O) groups is 1. The maximum atomic E-state index is 12.3. The molecule has 0 aromatic carbocycles. The van der Waals surface area contributed by atoms with E-state index in [1.54, 1.807) is 0 Å². The fourth-order valence-electron chi connectivity index (χ4n) is 3.41. The minimum atomic E-state index is -0.0576. The van der Waals surface area contributed by atoms with Gasteiger partial charge in [-0.2, -0.15) is 0 Å². The molecule has 1 amide bonds. The Morgan fingerprint density at radius 2 is 1.70 bits per heavy atom. The lowest BCUT2D eigenvalue weighted by atomic mass is 10.0. The normalized spacial score (nSPS) is 24.0. The number of ether oxygens (including phenoxy) is 1. The van der Waals surface area contributed by atoms with Gasteiger partial charge in [0.1, 0.15) is 0 Å². The number of piperidine rings is 2. The van der Waals surface area contributed by atoms with Gasteiger partial charge in [-0.3, -0.25) is 4.79 Å². The summed E-state index contributed by atoms with van der Waals surface area (Å²) >= 11 is 0. The number of nitrogens with one attached hydrogen (secondary N) is 1. The van der Waals surface area contributed by atoms with Crippen molar-refractivity contribution in [3.05, 3.63) is 0 Å². The molecule has 0 aromatic rings. The van der Waals surface area contributed by atoms with Gasteiger partial charge in [-0.15, -0.1) is 0 Å². The molecule has 2 fully saturated rings. The first kappa shape index (κ1) is 18.7. The number of carbonyl (C=O) groups excluding carboxylic acids is 1. The predicted octanol–water partition coefficient (Wildman–Crippen LogP) is 1.72. The van der Waals surface area contributed by atoms with Crippen LogP contribution in [0.3, 0.4) is 0 Å². The van der Waals surface area contributed by atoms with Crippen molar-refractivity contribution in [1.29, 1.82) is 0 Å². The molecule has 2 saturated heterocycles. The smallest absolute Gasteiger partial charge is 0.225 e. The Hall–Kier alpha value is -0.650. The van der Waals surface area contributed by atoms with Crippen molar-refractivity contribution in [2.24, 2.45) is 5.92 Å². The molecule has 0 spiro atoms. The molecule has 0 radical (unpaired) electrons. The number of nitrogens with zero attached hydrogens (tertiary/aromatic N) is 2. The standard InChI is InChI=1S/C18H35N3O2/c1-14(2)21-11-7-17(8-12-21)23-13-15(3)18(22)19-16-5-9-20(4)10-6-16/h14-17H,5-13H2,1-4H3,(H,19,22). The van der Waals surface area contributed by atoms with Gasteiger partial charge in [0.05, 0.1) is 18.6 Å². The summed E-state index contributed by atoms with van der Waals surface area (Å²) in [7, 11) is 2.14. The SMILES string of the molecule is CC(COC1CCN(C(C)C)CC1)C(=O)NC1CCN(C)CC1. The van der Waals surface area contributed by atoms with E-state index in [1.807, 2.05) is 6.92 Å². The molecule has 134 valence electrons. The Morgan fingerprint density at radius 1 is 1.09 bits per heavy atom. The first-order valence-corrected chi connectivity index (χ1v) is 9.30. The minimum Gasteiger partial charge on any atom is -0.377 e. The van der Waals surface area contributed by atoms with Gasteiger partial charge in [-0.25, -0.2) is 0 Å². The first-order valence-electron chi connectivity index (χ1n) is 9.30. The number of rotatable bonds is 6. The molecule has 1 N–H and O–H groups in total. The number of hydrogen-bond donors (Lipinski definition) is 1. The molecule has 2 aliphatic heterocycles. The Morgan fingerprint density at radius 3 is 2.26 bits per heavy atom. The monoisotopic (exact) mass is 325 g/mol. The van der Waals surface area contributed by atoms with Crippen molar-refractivity contribution in [3.8, 4) is 0 Å². The van der Waals surface area contributed by atoms with Gasteiger partial charge in [0.15, 0.2) is 0 Å². The van der Waals surface area contributed by atoms with Gasteiger partial charge in [0.25, 0.3) is 0 Å². The number of likely N-dealkylation sites (tertiary alicyclic amines) is 2. The average Bonchev–Trinajstić information content (AvgIpc) is 2.55. The zero-order valence-corrected chi connectivity index (χ0v) is 15.4. The van der Waals surface area contributed by atoms with Gasteiger partial charge in [-0.05, 0) is 59.7 Å². The van der Waals surface area contributed by atoms with E-state index in [4.69, 9.17) is 4.74 Å². The highest BCUT2D eigenvalue weighted by Crippen LogP contribution is 2.17. The topological polar surface area (TPSA) is 44.8 Å². The Balaban J connectivity index is 1.62. The maximum absolute atomic E-state index is 12.3. The van der Waals surface area contributed by atoms with Gasteiger partial charge in [0.2, 0.25) is 5.91 Å². The van der Waals surface area contributed by atoms with Crippen LogP contribution in [0.25, 0.3) is 0 Å². The lowest BCUT2D eigenvalue weighted by molar-refractivity contribution is -0.128. The van der Waals surface area contributed by atoms with Gasteiger partial charge in [-0.1, -0.05) is 6.92 Å². The van der Waals surface area contributed by atoms with Gasteiger partial charge in [0, 0.05) is 25.2 Å². The third-order valence-electron chi connectivity index (χ3n) is 5.30. The van der Waals surface area contributed by atoms with E-state index >= 15 is 0 Å². The van der Waals surface area contributed by atoms with Crippen LogP contribution in [-0.2, 0) is 9.53 Å². The van der Waals surface area contributed by atoms with Crippen LogP contribution >= 0.6 is 0 Å². The van der Waals surface area contributed by atoms with E-state index in [2.05, 4.69) is 36.0 Å². The molecule has 2 aliphatic rings. The summed E-state index contributed by atoms with van der Waals surface area (Å²) < 4.78 is 6.00. The second-order valence-electron chi connectivity index (χ2n) is 7.65. The number of hydrogen-bond acceptors (Lipinski definition) is 4. The summed E-state index contributed by atoms with van der Waals surface area (Å²) in [5.74, 6) is 0.0944. The molecule has 0 saturated carbocycles. The van der Waals surface area contributed by atoms with E-state index in [0.717, 1.165) is 51.9 Å². The lowest BCUT2D eigenvalue weighted by Crippen LogP contribution is -2.46. The summed E-state index contributed by atoms with van der Waals surface area (Å²) in [6.45, 7) is 11.4. The molecule has 2 rings (SSSR count). The molecule has 0 aliphatic carbocycles. The van der Waals surface area contributed by atoms with Crippen molar-refractivity contribution in [3.63, 3.8) is 0 Å². The Kier molecular flexibility index (Phi) is 7.31. The quantitative estimate of drug-likeness (QED) is 0.808. The predicted molar refractivity (Wildman–Crippen MR) is 93.5 cm³/mol. The van der Waals surface area contributed by atoms with Crippen LogP contribution in [0.5, 0.6) is 0 Å². The number of amides is 1. The zero-order chi connectivity index (χ0) is 16.8. The summed E-state index contributed by atoms with van der Waals surface area (Å²) in [4.78, 5) is 17.1. The second kappa shape index (κ2) is 9.00. The molecule has 0 aromatic heterocycles. The third-order valence-corrected chi connectivity index (χ3v) is 5.30. The maximum Gasteiger partial charge on any atom is 0.225 e. The van der Waals surface area contributed by atoms with Gasteiger partial charge >= 0.3 is 0 Å². The molecule has 1 atom stereocenters. The minimum absolute atomic E-state index is 0.0576. The fourth-order valence-corrected chi connectivity index (χ4v) is 3.41. The van der Waals surface area contributed by atoms with Crippen LogP contribution in [0.15, 0.2) is 0 Å².